The summed E-state index contributed by atoms with van der Waals surface area (Å²) in [6.07, 6.45) is 2.62. The van der Waals surface area contributed by atoms with Crippen LogP contribution in [0.4, 0.5) is 11.5 Å². The fourth-order valence-corrected chi connectivity index (χ4v) is 3.90. The average molecular weight is 417 g/mol. The Morgan fingerprint density at radius 3 is 2.58 bits per heavy atom. The number of hydrogen-bond acceptors (Lipinski definition) is 5. The molecular weight excluding hydrogens is 388 g/mol. The molecule has 0 spiro atoms. The van der Waals surface area contributed by atoms with Gasteiger partial charge in [-0.2, -0.15) is 0 Å². The summed E-state index contributed by atoms with van der Waals surface area (Å²) in [6, 6.07) is 15.5. The lowest BCUT2D eigenvalue weighted by Crippen LogP contribution is -2.24. The van der Waals surface area contributed by atoms with Crippen LogP contribution in [0, 0.1) is 0 Å². The van der Waals surface area contributed by atoms with Gasteiger partial charge in [0, 0.05) is 43.2 Å². The van der Waals surface area contributed by atoms with Gasteiger partial charge in [-0.3, -0.25) is 4.79 Å². The van der Waals surface area contributed by atoms with E-state index in [2.05, 4.69) is 33.2 Å². The summed E-state index contributed by atoms with van der Waals surface area (Å²) in [6.45, 7) is 3.55. The molecule has 0 saturated carbocycles. The number of amides is 1. The minimum absolute atomic E-state index is 0.0465. The highest BCUT2D eigenvalue weighted by atomic mass is 16.1. The van der Waals surface area contributed by atoms with Crippen LogP contribution in [-0.4, -0.2) is 34.0 Å². The van der Waals surface area contributed by atoms with Crippen LogP contribution in [-0.2, 0) is 13.0 Å². The predicted molar refractivity (Wildman–Crippen MR) is 126 cm³/mol. The van der Waals surface area contributed by atoms with E-state index >= 15 is 0 Å². The maximum Gasteiger partial charge on any atom is 0.251 e. The monoisotopic (exact) mass is 416 g/mol. The maximum atomic E-state index is 12.3. The van der Waals surface area contributed by atoms with Crippen molar-refractivity contribution in [1.82, 2.24) is 19.9 Å². The fourth-order valence-electron chi connectivity index (χ4n) is 3.90. The number of carbonyl (C=O) groups is 1. The van der Waals surface area contributed by atoms with Crippen molar-refractivity contribution in [2.75, 3.05) is 24.6 Å². The lowest BCUT2D eigenvalue weighted by molar-refractivity contribution is 0.0953. The van der Waals surface area contributed by atoms with E-state index < -0.39 is 0 Å². The van der Waals surface area contributed by atoms with Crippen LogP contribution in [0.1, 0.15) is 35.9 Å². The number of hydrogen-bond donors (Lipinski definition) is 3. The third-order valence-electron chi connectivity index (χ3n) is 5.54. The largest absolute Gasteiger partial charge is 0.388 e. The minimum atomic E-state index is -0.0465. The molecule has 0 radical (unpaired) electrons. The van der Waals surface area contributed by atoms with Crippen molar-refractivity contribution in [3.8, 4) is 0 Å². The number of rotatable bonds is 8. The summed E-state index contributed by atoms with van der Waals surface area (Å²) in [5.41, 5.74) is 10.6. The molecule has 0 fully saturated rings. The SMILES string of the molecule is CCc1nc2c(N)nc3ccccc3c2n1CCCCNC(=O)c1ccc(NC)cc1. The van der Waals surface area contributed by atoms with Crippen molar-refractivity contribution >= 4 is 39.3 Å². The van der Waals surface area contributed by atoms with Gasteiger partial charge in [-0.25, -0.2) is 9.97 Å². The Morgan fingerprint density at radius 1 is 1.06 bits per heavy atom. The molecule has 4 N–H and O–H groups in total. The number of aryl methyl sites for hydroxylation is 2. The number of nitrogens with two attached hydrogens (primary N) is 1. The van der Waals surface area contributed by atoms with Gasteiger partial charge in [-0.1, -0.05) is 25.1 Å². The fraction of sp³-hybridized carbons (Fsp3) is 0.292. The molecule has 1 amide bonds. The highest BCUT2D eigenvalue weighted by Crippen LogP contribution is 2.29. The van der Waals surface area contributed by atoms with E-state index in [0.717, 1.165) is 59.3 Å². The molecule has 2 heterocycles. The number of nitrogens with zero attached hydrogens (tertiary/aromatic N) is 3. The molecular formula is C24H28N6O. The quantitative estimate of drug-likeness (QED) is 0.378. The van der Waals surface area contributed by atoms with E-state index in [1.807, 2.05) is 49.5 Å². The van der Waals surface area contributed by atoms with Crippen molar-refractivity contribution < 1.29 is 4.79 Å². The van der Waals surface area contributed by atoms with Crippen LogP contribution in [0.25, 0.3) is 21.9 Å². The zero-order valence-corrected chi connectivity index (χ0v) is 18.0. The number of nitrogens with one attached hydrogen (secondary N) is 2. The third kappa shape index (κ3) is 4.17. The van der Waals surface area contributed by atoms with Gasteiger partial charge >= 0.3 is 0 Å². The third-order valence-corrected chi connectivity index (χ3v) is 5.54. The van der Waals surface area contributed by atoms with Gasteiger partial charge in [-0.05, 0) is 43.2 Å². The van der Waals surface area contributed by atoms with Crippen molar-refractivity contribution in [3.63, 3.8) is 0 Å². The Hall–Kier alpha value is -3.61. The number of aromatic nitrogens is 3. The zero-order chi connectivity index (χ0) is 21.8. The first-order valence-corrected chi connectivity index (χ1v) is 10.7. The highest BCUT2D eigenvalue weighted by Gasteiger charge is 2.16. The van der Waals surface area contributed by atoms with Crippen molar-refractivity contribution in [2.24, 2.45) is 0 Å². The first kappa shape index (κ1) is 20.7. The molecule has 0 unspecified atom stereocenters. The molecule has 0 atom stereocenters. The Kier molecular flexibility index (Phi) is 6.02. The summed E-state index contributed by atoms with van der Waals surface area (Å²) in [5, 5.41) is 7.13. The molecule has 0 aliphatic heterocycles. The van der Waals surface area contributed by atoms with E-state index in [1.54, 1.807) is 0 Å². The average Bonchev–Trinajstić information content (AvgIpc) is 3.18. The normalized spacial score (nSPS) is 11.2. The van der Waals surface area contributed by atoms with Crippen molar-refractivity contribution in [1.29, 1.82) is 0 Å². The maximum absolute atomic E-state index is 12.3. The number of unbranched alkanes of at least 4 members (excludes halogenated alkanes) is 1. The molecule has 4 aromatic rings. The van der Waals surface area contributed by atoms with Crippen molar-refractivity contribution in [2.45, 2.75) is 32.7 Å². The number of benzene rings is 2. The summed E-state index contributed by atoms with van der Waals surface area (Å²) in [4.78, 5) is 21.6. The van der Waals surface area contributed by atoms with Gasteiger partial charge in [0.2, 0.25) is 0 Å². The number of anilines is 2. The summed E-state index contributed by atoms with van der Waals surface area (Å²) in [5.74, 6) is 1.43. The molecule has 2 aromatic carbocycles. The number of imidazole rings is 1. The Balaban J connectivity index is 1.43. The van der Waals surface area contributed by atoms with Gasteiger partial charge in [0.1, 0.15) is 11.3 Å². The second kappa shape index (κ2) is 9.04. The molecule has 160 valence electrons. The topological polar surface area (TPSA) is 97.9 Å². The van der Waals surface area contributed by atoms with Gasteiger partial charge in [0.15, 0.2) is 5.82 Å². The van der Waals surface area contributed by atoms with E-state index in [9.17, 15) is 4.79 Å². The standard InChI is InChI=1S/C24H28N6O/c1-3-20-29-21-22(18-8-4-5-9-19(18)28-23(21)25)30(20)15-7-6-14-27-24(31)16-10-12-17(26-2)13-11-16/h4-5,8-13,26H,3,6-7,14-15H2,1-2H3,(H2,25,28)(H,27,31). The van der Waals surface area contributed by atoms with E-state index in [4.69, 9.17) is 10.7 Å². The lowest BCUT2D eigenvalue weighted by atomic mass is 10.1. The minimum Gasteiger partial charge on any atom is -0.388 e. The number of carbonyl (C=O) groups excluding carboxylic acids is 1. The van der Waals surface area contributed by atoms with E-state index in [-0.39, 0.29) is 5.91 Å². The number of fused-ring (bicyclic) bond motifs is 3. The summed E-state index contributed by atoms with van der Waals surface area (Å²) in [7, 11) is 1.86. The highest BCUT2D eigenvalue weighted by molar-refractivity contribution is 6.06. The predicted octanol–water partition coefficient (Wildman–Crippen LogP) is 3.98. The van der Waals surface area contributed by atoms with Crippen LogP contribution >= 0.6 is 0 Å². The van der Waals surface area contributed by atoms with Gasteiger partial charge in [0.05, 0.1) is 11.0 Å². The molecule has 0 aliphatic rings. The molecule has 2 aromatic heterocycles. The second-order valence-corrected chi connectivity index (χ2v) is 7.53. The van der Waals surface area contributed by atoms with Crippen LogP contribution in [0.15, 0.2) is 48.5 Å². The Labute approximate surface area is 181 Å². The van der Waals surface area contributed by atoms with Gasteiger partial charge in [-0.15, -0.1) is 0 Å². The van der Waals surface area contributed by atoms with Crippen LogP contribution in [0.3, 0.4) is 0 Å². The first-order chi connectivity index (χ1) is 15.1. The summed E-state index contributed by atoms with van der Waals surface area (Å²) < 4.78 is 2.26. The Bertz CT molecular complexity index is 1210. The molecule has 7 nitrogen and oxygen atoms in total. The first-order valence-electron chi connectivity index (χ1n) is 10.7. The second-order valence-electron chi connectivity index (χ2n) is 7.53. The number of pyridine rings is 1. The molecule has 0 aliphatic carbocycles. The van der Waals surface area contributed by atoms with Crippen LogP contribution in [0.5, 0.6) is 0 Å². The van der Waals surface area contributed by atoms with E-state index in [0.29, 0.717) is 17.9 Å². The number of nitrogen functional groups attached to an aromatic ring is 1. The van der Waals surface area contributed by atoms with E-state index in [1.165, 1.54) is 0 Å². The lowest BCUT2D eigenvalue weighted by Gasteiger charge is -2.11. The Morgan fingerprint density at radius 2 is 1.84 bits per heavy atom. The number of para-hydroxylation sites is 1. The molecule has 0 bridgehead atoms. The van der Waals surface area contributed by atoms with Gasteiger partial charge < -0.3 is 20.9 Å². The summed E-state index contributed by atoms with van der Waals surface area (Å²) >= 11 is 0. The van der Waals surface area contributed by atoms with Crippen molar-refractivity contribution in [3.05, 3.63) is 59.9 Å². The van der Waals surface area contributed by atoms with Crippen LogP contribution in [0.2, 0.25) is 0 Å². The smallest absolute Gasteiger partial charge is 0.251 e. The molecule has 7 heteroatoms. The molecule has 4 rings (SSSR count). The zero-order valence-electron chi connectivity index (χ0n) is 18.0. The van der Waals surface area contributed by atoms with Gasteiger partial charge in [0.25, 0.3) is 5.91 Å². The molecule has 31 heavy (non-hydrogen) atoms. The molecule has 0 saturated heterocycles. The van der Waals surface area contributed by atoms with Crippen LogP contribution < -0.4 is 16.4 Å².